The molecule has 2 heterocycles. The zero-order chi connectivity index (χ0) is 15.5. The highest BCUT2D eigenvalue weighted by atomic mass is 35.5. The van der Waals surface area contributed by atoms with Crippen LogP contribution in [0.25, 0.3) is 17.1 Å². The van der Waals surface area contributed by atoms with Crippen LogP contribution in [0, 0.1) is 0 Å². The van der Waals surface area contributed by atoms with Crippen LogP contribution in [0.15, 0.2) is 24.3 Å². The molecule has 0 saturated carbocycles. The maximum absolute atomic E-state index is 5.88. The van der Waals surface area contributed by atoms with E-state index in [1.54, 1.807) is 0 Å². The van der Waals surface area contributed by atoms with Gasteiger partial charge < -0.3 is 0 Å². The van der Waals surface area contributed by atoms with Crippen molar-refractivity contribution >= 4 is 51.8 Å². The second kappa shape index (κ2) is 6.81. The van der Waals surface area contributed by atoms with Gasteiger partial charge in [0.25, 0.3) is 0 Å². The largest absolute Gasteiger partial charge is 0.234 e. The number of halogens is 1. The molecule has 0 aliphatic heterocycles. The molecule has 0 unspecified atom stereocenters. The zero-order valence-corrected chi connectivity index (χ0v) is 14.6. The van der Waals surface area contributed by atoms with E-state index in [0.717, 1.165) is 32.1 Å². The zero-order valence-electron chi connectivity index (χ0n) is 12.2. The maximum atomic E-state index is 5.88. The van der Waals surface area contributed by atoms with Crippen LogP contribution in [-0.4, -0.2) is 25.1 Å². The molecule has 0 amide bonds. The van der Waals surface area contributed by atoms with Crippen LogP contribution in [0.2, 0.25) is 5.02 Å². The van der Waals surface area contributed by atoms with Crippen molar-refractivity contribution in [3.8, 4) is 0 Å². The van der Waals surface area contributed by atoms with E-state index in [2.05, 4.69) is 29.1 Å². The molecule has 3 rings (SSSR count). The molecule has 1 aromatic carbocycles. The van der Waals surface area contributed by atoms with Gasteiger partial charge in [0.2, 0.25) is 4.96 Å². The lowest BCUT2D eigenvalue weighted by molar-refractivity contribution is 0.878. The van der Waals surface area contributed by atoms with Gasteiger partial charge in [-0.3, -0.25) is 0 Å². The van der Waals surface area contributed by atoms with Crippen LogP contribution in [-0.2, 0) is 5.75 Å². The Hall–Kier alpha value is -1.37. The monoisotopic (exact) mass is 350 g/mol. The summed E-state index contributed by atoms with van der Waals surface area (Å²) in [5, 5.41) is 15.2. The second-order valence-corrected chi connectivity index (χ2v) is 7.98. The van der Waals surface area contributed by atoms with Crippen molar-refractivity contribution in [1.82, 2.24) is 19.8 Å². The number of thioether (sulfide) groups is 1. The van der Waals surface area contributed by atoms with Gasteiger partial charge in [0.15, 0.2) is 5.82 Å². The predicted octanol–water partition coefficient (Wildman–Crippen LogP) is 4.65. The molecular weight excluding hydrogens is 336 g/mol. The minimum absolute atomic E-state index is 0.565. The fourth-order valence-electron chi connectivity index (χ4n) is 1.81. The van der Waals surface area contributed by atoms with E-state index in [0.29, 0.717) is 5.25 Å². The molecule has 0 N–H and O–H groups in total. The first-order chi connectivity index (χ1) is 10.6. The van der Waals surface area contributed by atoms with E-state index in [4.69, 9.17) is 11.6 Å². The lowest BCUT2D eigenvalue weighted by Crippen LogP contribution is -1.96. The number of fused-ring (bicyclic) bond motifs is 1. The lowest BCUT2D eigenvalue weighted by Gasteiger charge is -2.00. The van der Waals surface area contributed by atoms with Crippen LogP contribution in [0.3, 0.4) is 0 Å². The Bertz CT molecular complexity index is 790. The van der Waals surface area contributed by atoms with E-state index in [1.165, 1.54) is 11.3 Å². The summed E-state index contributed by atoms with van der Waals surface area (Å²) in [6.45, 7) is 4.34. The van der Waals surface area contributed by atoms with Crippen molar-refractivity contribution < 1.29 is 0 Å². The van der Waals surface area contributed by atoms with Crippen LogP contribution in [0.1, 0.15) is 30.2 Å². The first-order valence-electron chi connectivity index (χ1n) is 6.88. The van der Waals surface area contributed by atoms with E-state index in [9.17, 15) is 0 Å². The summed E-state index contributed by atoms with van der Waals surface area (Å²) < 4.78 is 1.83. The number of hydrogen-bond donors (Lipinski definition) is 0. The third-order valence-electron chi connectivity index (χ3n) is 2.91. The highest BCUT2D eigenvalue weighted by molar-refractivity contribution is 7.99. The highest BCUT2D eigenvalue weighted by Crippen LogP contribution is 2.21. The van der Waals surface area contributed by atoms with Gasteiger partial charge in [-0.05, 0) is 29.0 Å². The van der Waals surface area contributed by atoms with Gasteiger partial charge in [-0.15, -0.1) is 10.2 Å². The van der Waals surface area contributed by atoms with Gasteiger partial charge >= 0.3 is 0 Å². The summed E-state index contributed by atoms with van der Waals surface area (Å²) in [6, 6.07) is 7.70. The van der Waals surface area contributed by atoms with Crippen LogP contribution < -0.4 is 0 Å². The first kappa shape index (κ1) is 15.5. The molecule has 2 aromatic heterocycles. The molecule has 0 bridgehead atoms. The smallest absolute Gasteiger partial charge is 0.186 e. The van der Waals surface area contributed by atoms with Crippen molar-refractivity contribution in [2.45, 2.75) is 24.9 Å². The summed E-state index contributed by atoms with van der Waals surface area (Å²) in [6.07, 6.45) is 4.01. The lowest BCUT2D eigenvalue weighted by atomic mass is 10.2. The Kier molecular flexibility index (Phi) is 4.81. The van der Waals surface area contributed by atoms with Gasteiger partial charge in [0.1, 0.15) is 5.01 Å². The van der Waals surface area contributed by atoms with Gasteiger partial charge in [0, 0.05) is 5.02 Å². The number of benzene rings is 1. The molecule has 0 fully saturated rings. The molecule has 7 heteroatoms. The summed E-state index contributed by atoms with van der Waals surface area (Å²) in [7, 11) is 0. The normalized spacial score (nSPS) is 12.0. The third kappa shape index (κ3) is 3.69. The summed E-state index contributed by atoms with van der Waals surface area (Å²) in [5.74, 6) is 1.72. The molecular formula is C15H15ClN4S2. The van der Waals surface area contributed by atoms with E-state index < -0.39 is 0 Å². The Labute approximate surface area is 142 Å². The van der Waals surface area contributed by atoms with Gasteiger partial charge in [0.05, 0.1) is 5.75 Å². The van der Waals surface area contributed by atoms with Crippen LogP contribution >= 0.6 is 34.7 Å². The summed E-state index contributed by atoms with van der Waals surface area (Å²) in [4.78, 5) is 0.829. The Morgan fingerprint density at radius 1 is 1.23 bits per heavy atom. The summed E-state index contributed by atoms with van der Waals surface area (Å²) in [5.41, 5.74) is 1.09. The van der Waals surface area contributed by atoms with E-state index >= 15 is 0 Å². The Morgan fingerprint density at radius 2 is 2.00 bits per heavy atom. The maximum Gasteiger partial charge on any atom is 0.234 e. The standard InChI is InChI=1S/C15H15ClN4S2/c1-10(2)21-9-13-17-18-15-20(13)19-14(22-15)8-5-11-3-6-12(16)7-4-11/h3-8,10H,9H2,1-2H3/b8-5+. The third-order valence-corrected chi connectivity index (χ3v) is 5.11. The van der Waals surface area contributed by atoms with E-state index in [1.807, 2.05) is 52.7 Å². The second-order valence-electron chi connectivity index (χ2n) is 5.00. The Balaban J connectivity index is 1.78. The molecule has 114 valence electrons. The molecule has 0 saturated heterocycles. The molecule has 0 radical (unpaired) electrons. The average Bonchev–Trinajstić information content (AvgIpc) is 3.05. The predicted molar refractivity (Wildman–Crippen MR) is 95.5 cm³/mol. The average molecular weight is 351 g/mol. The van der Waals surface area contributed by atoms with Crippen molar-refractivity contribution in [3.63, 3.8) is 0 Å². The van der Waals surface area contributed by atoms with Crippen LogP contribution in [0.4, 0.5) is 0 Å². The molecule has 22 heavy (non-hydrogen) atoms. The first-order valence-corrected chi connectivity index (χ1v) is 9.12. The van der Waals surface area contributed by atoms with Gasteiger partial charge in [-0.2, -0.15) is 21.4 Å². The quantitative estimate of drug-likeness (QED) is 0.671. The summed E-state index contributed by atoms with van der Waals surface area (Å²) >= 11 is 9.25. The van der Waals surface area contributed by atoms with Crippen molar-refractivity contribution in [1.29, 1.82) is 0 Å². The topological polar surface area (TPSA) is 43.1 Å². The fourth-order valence-corrected chi connectivity index (χ4v) is 3.36. The van der Waals surface area contributed by atoms with Gasteiger partial charge in [-0.1, -0.05) is 55.0 Å². The molecule has 0 aliphatic rings. The van der Waals surface area contributed by atoms with Gasteiger partial charge in [-0.25, -0.2) is 0 Å². The van der Waals surface area contributed by atoms with Crippen molar-refractivity contribution in [2.75, 3.05) is 0 Å². The molecule has 0 aliphatic carbocycles. The number of aromatic nitrogens is 4. The molecule has 0 spiro atoms. The number of nitrogens with zero attached hydrogens (tertiary/aromatic N) is 4. The SMILES string of the molecule is CC(C)SCc1nnc2sc(/C=C/c3ccc(Cl)cc3)nn12. The molecule has 4 nitrogen and oxygen atoms in total. The minimum atomic E-state index is 0.565. The fraction of sp³-hybridized carbons (Fsp3) is 0.267. The number of rotatable bonds is 5. The van der Waals surface area contributed by atoms with Crippen molar-refractivity contribution in [2.24, 2.45) is 0 Å². The minimum Gasteiger partial charge on any atom is -0.186 e. The highest BCUT2D eigenvalue weighted by Gasteiger charge is 2.10. The number of hydrogen-bond acceptors (Lipinski definition) is 5. The van der Waals surface area contributed by atoms with E-state index in [-0.39, 0.29) is 0 Å². The van der Waals surface area contributed by atoms with Crippen molar-refractivity contribution in [3.05, 3.63) is 45.7 Å². The Morgan fingerprint density at radius 3 is 2.73 bits per heavy atom. The molecule has 3 aromatic rings. The molecule has 0 atom stereocenters. The van der Waals surface area contributed by atoms with Crippen LogP contribution in [0.5, 0.6) is 0 Å².